The Hall–Kier alpha value is -3.54. The SMILES string of the molecule is CCC(C)(C)OC(=O)OCC(C)C(c1ccc(OC(=O)OCC(C)C)c(OC(=O)OCC(C)C)c1)[C@H](N)C(=O)O. The molecule has 0 heterocycles. The summed E-state index contributed by atoms with van der Waals surface area (Å²) in [6.07, 6.45) is -2.41. The molecule has 40 heavy (non-hydrogen) atoms. The van der Waals surface area contributed by atoms with Crippen LogP contribution in [0.25, 0.3) is 0 Å². The highest BCUT2D eigenvalue weighted by molar-refractivity contribution is 5.75. The molecule has 12 nitrogen and oxygen atoms in total. The Balaban J connectivity index is 3.31. The van der Waals surface area contributed by atoms with E-state index >= 15 is 0 Å². The van der Waals surface area contributed by atoms with E-state index in [9.17, 15) is 24.3 Å². The van der Waals surface area contributed by atoms with Gasteiger partial charge in [0.1, 0.15) is 11.6 Å². The van der Waals surface area contributed by atoms with Crippen molar-refractivity contribution in [1.29, 1.82) is 0 Å². The van der Waals surface area contributed by atoms with Gasteiger partial charge in [-0.15, -0.1) is 0 Å². The van der Waals surface area contributed by atoms with E-state index in [1.807, 2.05) is 34.6 Å². The molecule has 0 saturated heterocycles. The summed E-state index contributed by atoms with van der Waals surface area (Å²) < 4.78 is 31.2. The van der Waals surface area contributed by atoms with Gasteiger partial charge in [0.25, 0.3) is 0 Å². The van der Waals surface area contributed by atoms with E-state index in [-0.39, 0.29) is 43.2 Å². The third-order valence-electron chi connectivity index (χ3n) is 5.77. The van der Waals surface area contributed by atoms with Gasteiger partial charge in [-0.25, -0.2) is 14.4 Å². The molecule has 0 aliphatic heterocycles. The first-order valence-electron chi connectivity index (χ1n) is 13.2. The van der Waals surface area contributed by atoms with Crippen molar-refractivity contribution in [2.75, 3.05) is 19.8 Å². The van der Waals surface area contributed by atoms with Crippen LogP contribution in [0.1, 0.15) is 73.3 Å². The second kappa shape index (κ2) is 15.9. The van der Waals surface area contributed by atoms with Crippen LogP contribution < -0.4 is 15.2 Å². The van der Waals surface area contributed by atoms with Gasteiger partial charge in [0.2, 0.25) is 0 Å². The van der Waals surface area contributed by atoms with Crippen LogP contribution in [-0.4, -0.2) is 61.0 Å². The Bertz CT molecular complexity index is 1010. The average molecular weight is 570 g/mol. The molecule has 0 radical (unpaired) electrons. The van der Waals surface area contributed by atoms with Gasteiger partial charge in [-0.3, -0.25) is 4.79 Å². The fourth-order valence-corrected chi connectivity index (χ4v) is 3.28. The van der Waals surface area contributed by atoms with Crippen molar-refractivity contribution >= 4 is 24.4 Å². The lowest BCUT2D eigenvalue weighted by Gasteiger charge is -2.28. The van der Waals surface area contributed by atoms with E-state index in [1.54, 1.807) is 20.8 Å². The molecule has 0 amide bonds. The Labute approximate surface area is 235 Å². The second-order valence-corrected chi connectivity index (χ2v) is 11.0. The fraction of sp³-hybridized carbons (Fsp3) is 0.643. The van der Waals surface area contributed by atoms with Crippen LogP contribution in [0, 0.1) is 17.8 Å². The van der Waals surface area contributed by atoms with Crippen LogP contribution in [0.2, 0.25) is 0 Å². The van der Waals surface area contributed by atoms with Crippen LogP contribution >= 0.6 is 0 Å². The molecule has 0 aliphatic rings. The van der Waals surface area contributed by atoms with E-state index in [0.717, 1.165) is 0 Å². The molecule has 0 fully saturated rings. The minimum atomic E-state index is -1.43. The third kappa shape index (κ3) is 12.1. The largest absolute Gasteiger partial charge is 0.513 e. The highest BCUT2D eigenvalue weighted by atomic mass is 16.7. The smallest absolute Gasteiger partial charge is 0.480 e. The highest BCUT2D eigenvalue weighted by Crippen LogP contribution is 2.36. The van der Waals surface area contributed by atoms with Crippen molar-refractivity contribution in [3.05, 3.63) is 23.8 Å². The normalized spacial score (nSPS) is 13.7. The Morgan fingerprint density at radius 1 is 0.825 bits per heavy atom. The van der Waals surface area contributed by atoms with E-state index in [0.29, 0.717) is 12.0 Å². The summed E-state index contributed by atoms with van der Waals surface area (Å²) in [5.41, 5.74) is 5.62. The van der Waals surface area contributed by atoms with Gasteiger partial charge in [0, 0.05) is 5.92 Å². The van der Waals surface area contributed by atoms with Gasteiger partial charge in [-0.1, -0.05) is 47.6 Å². The maximum atomic E-state index is 12.3. The molecule has 3 N–H and O–H groups in total. The molecule has 1 aromatic rings. The number of nitrogens with two attached hydrogens (primary N) is 1. The van der Waals surface area contributed by atoms with Gasteiger partial charge in [0.15, 0.2) is 11.5 Å². The first-order chi connectivity index (χ1) is 18.6. The van der Waals surface area contributed by atoms with Gasteiger partial charge in [0.05, 0.1) is 19.8 Å². The van der Waals surface area contributed by atoms with Crippen LogP contribution in [0.3, 0.4) is 0 Å². The maximum absolute atomic E-state index is 12.3. The number of carboxylic acid groups (broad SMARTS) is 1. The number of aliphatic carboxylic acids is 1. The summed E-state index contributed by atoms with van der Waals surface area (Å²) in [6, 6.07) is 2.69. The summed E-state index contributed by atoms with van der Waals surface area (Å²) >= 11 is 0. The Kier molecular flexibility index (Phi) is 13.7. The number of rotatable bonds is 14. The number of hydrogen-bond donors (Lipinski definition) is 2. The molecule has 2 unspecified atom stereocenters. The van der Waals surface area contributed by atoms with E-state index in [1.165, 1.54) is 18.2 Å². The molecule has 1 rings (SSSR count). The topological polar surface area (TPSA) is 170 Å². The van der Waals surface area contributed by atoms with Crippen molar-refractivity contribution in [2.45, 2.75) is 79.4 Å². The van der Waals surface area contributed by atoms with E-state index < -0.39 is 47.9 Å². The van der Waals surface area contributed by atoms with Crippen molar-refractivity contribution < 1.29 is 52.7 Å². The van der Waals surface area contributed by atoms with E-state index in [2.05, 4.69) is 0 Å². The first-order valence-corrected chi connectivity index (χ1v) is 13.2. The average Bonchev–Trinajstić information content (AvgIpc) is 2.86. The molecule has 0 aromatic heterocycles. The van der Waals surface area contributed by atoms with Crippen molar-refractivity contribution in [1.82, 2.24) is 0 Å². The second-order valence-electron chi connectivity index (χ2n) is 11.0. The molecule has 3 atom stereocenters. The molecule has 226 valence electrons. The third-order valence-corrected chi connectivity index (χ3v) is 5.77. The number of carbonyl (C=O) groups is 4. The number of benzene rings is 1. The monoisotopic (exact) mass is 569 g/mol. The molecule has 1 aromatic carbocycles. The Morgan fingerprint density at radius 3 is 1.80 bits per heavy atom. The van der Waals surface area contributed by atoms with E-state index in [4.69, 9.17) is 34.2 Å². The lowest BCUT2D eigenvalue weighted by atomic mass is 9.82. The molecular weight excluding hydrogens is 526 g/mol. The van der Waals surface area contributed by atoms with Crippen molar-refractivity contribution in [3.63, 3.8) is 0 Å². The molecule has 0 aliphatic carbocycles. The zero-order valence-corrected chi connectivity index (χ0v) is 24.6. The van der Waals surface area contributed by atoms with Crippen molar-refractivity contribution in [2.24, 2.45) is 23.5 Å². The summed E-state index contributed by atoms with van der Waals surface area (Å²) in [7, 11) is 0. The zero-order valence-electron chi connectivity index (χ0n) is 24.6. The van der Waals surface area contributed by atoms with Crippen molar-refractivity contribution in [3.8, 4) is 11.5 Å². The summed E-state index contributed by atoms with van der Waals surface area (Å²) in [6.45, 7) is 14.3. The van der Waals surface area contributed by atoms with Crippen LogP contribution in [0.15, 0.2) is 18.2 Å². The Morgan fingerprint density at radius 2 is 1.32 bits per heavy atom. The maximum Gasteiger partial charge on any atom is 0.513 e. The number of ether oxygens (including phenoxy) is 6. The number of carbonyl (C=O) groups excluding carboxylic acids is 3. The van der Waals surface area contributed by atoms with Gasteiger partial charge < -0.3 is 39.3 Å². The van der Waals surface area contributed by atoms with Gasteiger partial charge in [-0.05, 0) is 55.7 Å². The zero-order chi connectivity index (χ0) is 30.6. The van der Waals surface area contributed by atoms with Gasteiger partial charge >= 0.3 is 24.4 Å². The summed E-state index contributed by atoms with van der Waals surface area (Å²) in [5, 5.41) is 9.69. The predicted molar refractivity (Wildman–Crippen MR) is 144 cm³/mol. The van der Waals surface area contributed by atoms with Crippen LogP contribution in [-0.2, 0) is 23.7 Å². The molecule has 0 spiro atoms. The van der Waals surface area contributed by atoms with Crippen LogP contribution in [0.5, 0.6) is 11.5 Å². The lowest BCUT2D eigenvalue weighted by Crippen LogP contribution is -2.41. The standard InChI is InChI=1S/C28H43NO11/c1-9-28(7,8)40-27(34)37-15-18(6)22(23(29)24(30)31)19-10-11-20(38-25(32)35-13-16(2)3)21(12-19)39-26(33)36-14-17(4)5/h10-12,16-18,22-23H,9,13-15,29H2,1-8H3,(H,30,31)/t18?,22?,23-/m0/s1. The molecule has 12 heteroatoms. The lowest BCUT2D eigenvalue weighted by molar-refractivity contribution is -0.139. The quantitative estimate of drug-likeness (QED) is 0.164. The molecular formula is C28H43NO11. The molecule has 0 saturated carbocycles. The van der Waals surface area contributed by atoms with Crippen LogP contribution in [0.4, 0.5) is 14.4 Å². The minimum Gasteiger partial charge on any atom is -0.480 e. The number of hydrogen-bond acceptors (Lipinski definition) is 11. The van der Waals surface area contributed by atoms with Gasteiger partial charge in [-0.2, -0.15) is 0 Å². The predicted octanol–water partition coefficient (Wildman–Crippen LogP) is 5.50. The summed E-state index contributed by atoms with van der Waals surface area (Å²) in [5.74, 6) is -3.11. The highest BCUT2D eigenvalue weighted by Gasteiger charge is 2.33. The summed E-state index contributed by atoms with van der Waals surface area (Å²) in [4.78, 5) is 48.6. The minimum absolute atomic E-state index is 0.0361. The fourth-order valence-electron chi connectivity index (χ4n) is 3.28. The number of carboxylic acids is 1. The molecule has 0 bridgehead atoms. The first kappa shape index (κ1) is 34.5.